The zero-order valence-corrected chi connectivity index (χ0v) is 17.4. The second kappa shape index (κ2) is 7.96. The first-order valence-electron chi connectivity index (χ1n) is 10.3. The Labute approximate surface area is 183 Å². The van der Waals surface area contributed by atoms with E-state index in [9.17, 15) is 14.4 Å². The average Bonchev–Trinajstić information content (AvgIpc) is 3.41. The summed E-state index contributed by atoms with van der Waals surface area (Å²) in [6.45, 7) is 1.15. The number of carbonyl (C=O) groups excluding carboxylic acids is 1. The van der Waals surface area contributed by atoms with Gasteiger partial charge in [0.25, 0.3) is 5.91 Å². The smallest absolute Gasteiger partial charge is 0.262 e. The van der Waals surface area contributed by atoms with E-state index in [1.165, 1.54) is 19.4 Å². The third-order valence-electron chi connectivity index (χ3n) is 5.65. The summed E-state index contributed by atoms with van der Waals surface area (Å²) in [5, 5.41) is 14.0. The highest BCUT2D eigenvalue weighted by atomic mass is 19.1. The molecule has 0 spiro atoms. The van der Waals surface area contributed by atoms with Gasteiger partial charge in [-0.3, -0.25) is 9.78 Å². The number of benzene rings is 1. The van der Waals surface area contributed by atoms with Crippen molar-refractivity contribution in [2.45, 2.75) is 25.9 Å². The molecular formula is C23H20FN5O3. The van der Waals surface area contributed by atoms with Gasteiger partial charge in [-0.05, 0) is 30.9 Å². The summed E-state index contributed by atoms with van der Waals surface area (Å²) in [6, 6.07) is 6.68. The molecule has 162 valence electrons. The summed E-state index contributed by atoms with van der Waals surface area (Å²) in [5.41, 5.74) is 2.61. The molecule has 9 heteroatoms. The highest BCUT2D eigenvalue weighted by Gasteiger charge is 2.33. The number of nitriles is 1. The van der Waals surface area contributed by atoms with Gasteiger partial charge in [0, 0.05) is 24.4 Å². The quantitative estimate of drug-likeness (QED) is 0.593. The SMILES string of the molecule is COc1c(C#N)ccc(OCC2CC2)c1C(=O)N1Cc2cn(-c3cncc(F)c3)nc2C1. The van der Waals surface area contributed by atoms with Crippen molar-refractivity contribution in [3.63, 3.8) is 0 Å². The second-order valence-electron chi connectivity index (χ2n) is 7.95. The van der Waals surface area contributed by atoms with Crippen molar-refractivity contribution in [2.75, 3.05) is 13.7 Å². The Balaban J connectivity index is 1.42. The maximum Gasteiger partial charge on any atom is 0.262 e. The van der Waals surface area contributed by atoms with Crippen LogP contribution in [0.1, 0.15) is 40.0 Å². The lowest BCUT2D eigenvalue weighted by Gasteiger charge is -2.21. The number of amides is 1. The fraction of sp³-hybridized carbons (Fsp3) is 0.304. The zero-order valence-electron chi connectivity index (χ0n) is 17.4. The van der Waals surface area contributed by atoms with Crippen LogP contribution in [0, 0.1) is 23.1 Å². The third kappa shape index (κ3) is 3.64. The number of fused-ring (bicyclic) bond motifs is 1. The van der Waals surface area contributed by atoms with Crippen molar-refractivity contribution >= 4 is 5.91 Å². The van der Waals surface area contributed by atoms with E-state index in [4.69, 9.17) is 9.47 Å². The van der Waals surface area contributed by atoms with Gasteiger partial charge >= 0.3 is 0 Å². The van der Waals surface area contributed by atoms with Crippen LogP contribution in [0.15, 0.2) is 36.8 Å². The molecule has 1 fully saturated rings. The van der Waals surface area contributed by atoms with Gasteiger partial charge in [-0.2, -0.15) is 10.4 Å². The molecule has 1 aromatic carbocycles. The molecule has 0 radical (unpaired) electrons. The first-order chi connectivity index (χ1) is 15.6. The van der Waals surface area contributed by atoms with Crippen molar-refractivity contribution in [1.29, 1.82) is 5.26 Å². The number of hydrogen-bond donors (Lipinski definition) is 0. The van der Waals surface area contributed by atoms with Gasteiger partial charge in [0.1, 0.15) is 23.2 Å². The summed E-state index contributed by atoms with van der Waals surface area (Å²) in [5.74, 6) is 0.401. The second-order valence-corrected chi connectivity index (χ2v) is 7.95. The largest absolute Gasteiger partial charge is 0.494 e. The molecule has 1 saturated carbocycles. The molecule has 0 saturated heterocycles. The van der Waals surface area contributed by atoms with Crippen LogP contribution in [0.4, 0.5) is 4.39 Å². The van der Waals surface area contributed by atoms with Gasteiger partial charge in [0.05, 0.1) is 49.6 Å². The summed E-state index contributed by atoms with van der Waals surface area (Å²) < 4.78 is 26.4. The number of methoxy groups -OCH3 is 1. The summed E-state index contributed by atoms with van der Waals surface area (Å²) >= 11 is 0. The first-order valence-corrected chi connectivity index (χ1v) is 10.3. The molecule has 0 N–H and O–H groups in total. The topological polar surface area (TPSA) is 93.3 Å². The number of rotatable bonds is 6. The minimum Gasteiger partial charge on any atom is -0.494 e. The molecule has 0 bridgehead atoms. The number of ether oxygens (including phenoxy) is 2. The van der Waals surface area contributed by atoms with Gasteiger partial charge in [-0.25, -0.2) is 9.07 Å². The van der Waals surface area contributed by atoms with E-state index in [1.54, 1.807) is 27.9 Å². The molecule has 1 aliphatic heterocycles. The fourth-order valence-electron chi connectivity index (χ4n) is 3.79. The molecule has 1 aliphatic carbocycles. The molecule has 8 nitrogen and oxygen atoms in total. The molecule has 1 amide bonds. The lowest BCUT2D eigenvalue weighted by molar-refractivity contribution is 0.0740. The molecule has 0 unspecified atom stereocenters. The maximum atomic E-state index is 13.5. The van der Waals surface area contributed by atoms with Gasteiger partial charge in [0.15, 0.2) is 5.75 Å². The molecule has 32 heavy (non-hydrogen) atoms. The molecular weight excluding hydrogens is 413 g/mol. The van der Waals surface area contributed by atoms with Gasteiger partial charge in [-0.1, -0.05) is 0 Å². The molecule has 3 aromatic rings. The number of nitrogens with zero attached hydrogens (tertiary/aromatic N) is 5. The van der Waals surface area contributed by atoms with Crippen LogP contribution >= 0.6 is 0 Å². The van der Waals surface area contributed by atoms with Crippen molar-refractivity contribution in [3.8, 4) is 23.3 Å². The van der Waals surface area contributed by atoms with E-state index >= 15 is 0 Å². The third-order valence-corrected chi connectivity index (χ3v) is 5.65. The van der Waals surface area contributed by atoms with E-state index in [2.05, 4.69) is 16.2 Å². The van der Waals surface area contributed by atoms with Gasteiger partial charge in [-0.15, -0.1) is 0 Å². The molecule has 0 atom stereocenters. The predicted molar refractivity (Wildman–Crippen MR) is 111 cm³/mol. The fourth-order valence-corrected chi connectivity index (χ4v) is 3.79. The minimum atomic E-state index is -0.446. The summed E-state index contributed by atoms with van der Waals surface area (Å²) in [7, 11) is 1.44. The standard InChI is InChI=1S/C23H20FN5O3/c1-31-22-15(7-25)4-5-20(32-13-14-2-3-14)21(22)23(30)28-10-16-11-29(27-19(16)12-28)18-6-17(24)8-26-9-18/h4-6,8-9,11,14H,2-3,10,12-13H2,1H3. The number of hydrogen-bond acceptors (Lipinski definition) is 6. The van der Waals surface area contributed by atoms with Crippen molar-refractivity contribution < 1.29 is 18.7 Å². The maximum absolute atomic E-state index is 13.5. The Bertz CT molecular complexity index is 1220. The van der Waals surface area contributed by atoms with Crippen molar-refractivity contribution in [1.82, 2.24) is 19.7 Å². The van der Waals surface area contributed by atoms with Crippen LogP contribution in [-0.4, -0.2) is 39.3 Å². The predicted octanol–water partition coefficient (Wildman–Crippen LogP) is 3.23. The van der Waals surface area contributed by atoms with Crippen LogP contribution < -0.4 is 9.47 Å². The molecule has 5 rings (SSSR count). The normalized spacial score (nSPS) is 14.7. The molecule has 3 heterocycles. The van der Waals surface area contributed by atoms with Crippen molar-refractivity contribution in [3.05, 3.63) is 65.0 Å². The van der Waals surface area contributed by atoms with E-state index in [-0.39, 0.29) is 29.3 Å². The van der Waals surface area contributed by atoms with Crippen molar-refractivity contribution in [2.24, 2.45) is 5.92 Å². The summed E-state index contributed by atoms with van der Waals surface area (Å²) in [4.78, 5) is 19.0. The van der Waals surface area contributed by atoms with Crippen LogP contribution in [0.3, 0.4) is 0 Å². The highest BCUT2D eigenvalue weighted by molar-refractivity contribution is 6.00. The van der Waals surface area contributed by atoms with E-state index in [0.717, 1.165) is 30.3 Å². The van der Waals surface area contributed by atoms with Gasteiger partial charge < -0.3 is 14.4 Å². The Morgan fingerprint density at radius 2 is 2.16 bits per heavy atom. The number of halogens is 1. The van der Waals surface area contributed by atoms with E-state index in [1.807, 2.05) is 0 Å². The Kier molecular flexibility index (Phi) is 4.98. The lowest BCUT2D eigenvalue weighted by atomic mass is 10.1. The highest BCUT2D eigenvalue weighted by Crippen LogP contribution is 2.37. The Morgan fingerprint density at radius 1 is 1.31 bits per heavy atom. The Morgan fingerprint density at radius 3 is 2.84 bits per heavy atom. The first kappa shape index (κ1) is 20.0. The summed E-state index contributed by atoms with van der Waals surface area (Å²) in [6.07, 6.45) is 6.66. The number of carbonyl (C=O) groups is 1. The minimum absolute atomic E-state index is 0.214. The number of pyridine rings is 1. The van der Waals surface area contributed by atoms with E-state index in [0.29, 0.717) is 30.5 Å². The van der Waals surface area contributed by atoms with Crippen LogP contribution in [0.2, 0.25) is 0 Å². The van der Waals surface area contributed by atoms with Crippen LogP contribution in [0.25, 0.3) is 5.69 Å². The number of aromatic nitrogens is 3. The monoisotopic (exact) mass is 433 g/mol. The zero-order chi connectivity index (χ0) is 22.2. The molecule has 2 aromatic heterocycles. The Hall–Kier alpha value is -3.93. The lowest BCUT2D eigenvalue weighted by Crippen LogP contribution is -2.27. The van der Waals surface area contributed by atoms with Gasteiger partial charge in [0.2, 0.25) is 0 Å². The molecule has 2 aliphatic rings. The average molecular weight is 433 g/mol. The van der Waals surface area contributed by atoms with E-state index < -0.39 is 5.82 Å². The van der Waals surface area contributed by atoms with Crippen LogP contribution in [0.5, 0.6) is 11.5 Å². The van der Waals surface area contributed by atoms with Crippen LogP contribution in [-0.2, 0) is 13.1 Å².